The van der Waals surface area contributed by atoms with Gasteiger partial charge in [0.1, 0.15) is 0 Å². The summed E-state index contributed by atoms with van der Waals surface area (Å²) in [5, 5.41) is 4.36. The third-order valence-electron chi connectivity index (χ3n) is 4.69. The van der Waals surface area contributed by atoms with Crippen LogP contribution in [0.4, 0.5) is 0 Å². The molecule has 2 aromatic rings. The number of hydrogen-bond donors (Lipinski definition) is 2. The van der Waals surface area contributed by atoms with E-state index in [1.165, 1.54) is 22.2 Å². The van der Waals surface area contributed by atoms with Crippen LogP contribution in [0.15, 0.2) is 12.1 Å². The quantitative estimate of drug-likeness (QED) is 0.915. The van der Waals surface area contributed by atoms with Gasteiger partial charge in [-0.05, 0) is 50.8 Å². The van der Waals surface area contributed by atoms with Gasteiger partial charge >= 0.3 is 0 Å². The summed E-state index contributed by atoms with van der Waals surface area (Å²) in [6.45, 7) is 8.30. The van der Waals surface area contributed by atoms with E-state index in [4.69, 9.17) is 4.74 Å². The van der Waals surface area contributed by atoms with E-state index in [2.05, 4.69) is 43.2 Å². The number of nitrogens with one attached hydrogen (secondary N) is 2. The molecule has 0 spiro atoms. The molecule has 1 fully saturated rings. The van der Waals surface area contributed by atoms with E-state index < -0.39 is 0 Å². The molecule has 118 valence electrons. The van der Waals surface area contributed by atoms with E-state index in [0.717, 1.165) is 23.9 Å². The number of amides is 1. The van der Waals surface area contributed by atoms with Crippen molar-refractivity contribution in [1.29, 1.82) is 0 Å². The topological polar surface area (TPSA) is 54.1 Å². The Morgan fingerprint density at radius 2 is 2.00 bits per heavy atom. The molecule has 2 N–H and O–H groups in total. The zero-order chi connectivity index (χ0) is 15.7. The number of fused-ring (bicyclic) bond motifs is 1. The first-order chi connectivity index (χ1) is 10.6. The van der Waals surface area contributed by atoms with Crippen molar-refractivity contribution in [3.8, 4) is 0 Å². The summed E-state index contributed by atoms with van der Waals surface area (Å²) in [6.07, 6.45) is 1.66. The highest BCUT2D eigenvalue weighted by Crippen LogP contribution is 2.26. The lowest BCUT2D eigenvalue weighted by Gasteiger charge is -2.21. The molecule has 1 amide bonds. The first kappa shape index (κ1) is 15.1. The number of ether oxygens (including phenoxy) is 1. The Balaban J connectivity index is 1.78. The van der Waals surface area contributed by atoms with Crippen molar-refractivity contribution in [3.63, 3.8) is 0 Å². The Labute approximate surface area is 131 Å². The number of aryl methyl sites for hydroxylation is 3. The smallest absolute Gasteiger partial charge is 0.223 e. The highest BCUT2D eigenvalue weighted by atomic mass is 16.5. The second-order valence-corrected chi connectivity index (χ2v) is 6.33. The van der Waals surface area contributed by atoms with Gasteiger partial charge in [0.2, 0.25) is 5.91 Å². The van der Waals surface area contributed by atoms with Crippen molar-refractivity contribution in [1.82, 2.24) is 10.3 Å². The highest BCUT2D eigenvalue weighted by molar-refractivity contribution is 5.88. The van der Waals surface area contributed by atoms with Crippen LogP contribution in [-0.4, -0.2) is 24.1 Å². The van der Waals surface area contributed by atoms with E-state index in [-0.39, 0.29) is 11.8 Å². The van der Waals surface area contributed by atoms with Crippen LogP contribution in [0.5, 0.6) is 0 Å². The van der Waals surface area contributed by atoms with Gasteiger partial charge in [-0.15, -0.1) is 0 Å². The summed E-state index contributed by atoms with van der Waals surface area (Å²) in [4.78, 5) is 15.7. The van der Waals surface area contributed by atoms with Crippen molar-refractivity contribution in [2.45, 2.75) is 40.2 Å². The normalized spacial score (nSPS) is 16.1. The van der Waals surface area contributed by atoms with Crippen molar-refractivity contribution in [3.05, 3.63) is 34.5 Å². The number of benzene rings is 1. The molecular formula is C18H24N2O2. The fraction of sp³-hybridized carbons (Fsp3) is 0.500. The molecule has 4 heteroatoms. The van der Waals surface area contributed by atoms with Gasteiger partial charge in [-0.3, -0.25) is 4.79 Å². The SMILES string of the molecule is Cc1cc(CNC(=O)C2CCOCC2)c2[nH]c(C)c(C)c2c1. The molecule has 3 rings (SSSR count). The number of H-pyrrole nitrogens is 1. The summed E-state index contributed by atoms with van der Waals surface area (Å²) in [7, 11) is 0. The molecule has 1 aliphatic rings. The van der Waals surface area contributed by atoms with Crippen LogP contribution in [0.1, 0.15) is 35.2 Å². The Morgan fingerprint density at radius 3 is 2.73 bits per heavy atom. The van der Waals surface area contributed by atoms with E-state index in [0.29, 0.717) is 19.8 Å². The summed E-state index contributed by atoms with van der Waals surface area (Å²) < 4.78 is 5.32. The van der Waals surface area contributed by atoms with Crippen molar-refractivity contribution < 1.29 is 9.53 Å². The van der Waals surface area contributed by atoms with Crippen LogP contribution in [0.25, 0.3) is 10.9 Å². The minimum absolute atomic E-state index is 0.0983. The second kappa shape index (κ2) is 6.13. The van der Waals surface area contributed by atoms with Gasteiger partial charge in [-0.2, -0.15) is 0 Å². The number of aromatic nitrogens is 1. The third kappa shape index (κ3) is 2.88. The van der Waals surface area contributed by atoms with Crippen LogP contribution in [-0.2, 0) is 16.1 Å². The minimum atomic E-state index is 0.0983. The number of aromatic amines is 1. The summed E-state index contributed by atoms with van der Waals surface area (Å²) in [6, 6.07) is 4.36. The van der Waals surface area contributed by atoms with Gasteiger partial charge in [0.25, 0.3) is 0 Å². The van der Waals surface area contributed by atoms with E-state index in [9.17, 15) is 4.79 Å². The van der Waals surface area contributed by atoms with Crippen molar-refractivity contribution >= 4 is 16.8 Å². The Morgan fingerprint density at radius 1 is 1.27 bits per heavy atom. The highest BCUT2D eigenvalue weighted by Gasteiger charge is 2.21. The molecule has 1 aliphatic heterocycles. The van der Waals surface area contributed by atoms with Crippen LogP contribution < -0.4 is 5.32 Å². The molecule has 1 aromatic heterocycles. The van der Waals surface area contributed by atoms with Gasteiger partial charge in [0.15, 0.2) is 0 Å². The second-order valence-electron chi connectivity index (χ2n) is 6.33. The van der Waals surface area contributed by atoms with Crippen LogP contribution in [0.2, 0.25) is 0 Å². The molecule has 0 unspecified atom stereocenters. The zero-order valence-corrected chi connectivity index (χ0v) is 13.6. The molecule has 1 aromatic carbocycles. The molecule has 0 aliphatic carbocycles. The standard InChI is InChI=1S/C18H24N2O2/c1-11-8-15(17-16(9-11)12(2)13(3)20-17)10-19-18(21)14-4-6-22-7-5-14/h8-9,14,20H,4-7,10H2,1-3H3,(H,19,21). The lowest BCUT2D eigenvalue weighted by atomic mass is 9.99. The third-order valence-corrected chi connectivity index (χ3v) is 4.69. The molecule has 2 heterocycles. The van der Waals surface area contributed by atoms with Gasteiger partial charge in [-0.25, -0.2) is 0 Å². The predicted octanol–water partition coefficient (Wildman–Crippen LogP) is 3.14. The molecule has 0 atom stereocenters. The van der Waals surface area contributed by atoms with Crippen molar-refractivity contribution in [2.24, 2.45) is 5.92 Å². The lowest BCUT2D eigenvalue weighted by Crippen LogP contribution is -2.33. The Kier molecular flexibility index (Phi) is 4.21. The van der Waals surface area contributed by atoms with Gasteiger partial charge in [0.05, 0.1) is 5.52 Å². The minimum Gasteiger partial charge on any atom is -0.381 e. The lowest BCUT2D eigenvalue weighted by molar-refractivity contribution is -0.128. The van der Waals surface area contributed by atoms with E-state index in [1.807, 2.05) is 0 Å². The Hall–Kier alpha value is -1.81. The molecule has 0 bridgehead atoms. The average molecular weight is 300 g/mol. The number of carbonyl (C=O) groups excluding carboxylic acids is 1. The molecule has 4 nitrogen and oxygen atoms in total. The molecule has 1 saturated heterocycles. The maximum Gasteiger partial charge on any atom is 0.223 e. The van der Waals surface area contributed by atoms with Crippen molar-refractivity contribution in [2.75, 3.05) is 13.2 Å². The number of carbonyl (C=O) groups is 1. The van der Waals surface area contributed by atoms with Gasteiger partial charge in [0, 0.05) is 36.8 Å². The van der Waals surface area contributed by atoms with E-state index in [1.54, 1.807) is 0 Å². The van der Waals surface area contributed by atoms with Crippen LogP contribution >= 0.6 is 0 Å². The predicted molar refractivity (Wildman–Crippen MR) is 87.9 cm³/mol. The van der Waals surface area contributed by atoms with Crippen LogP contribution in [0, 0.1) is 26.7 Å². The maximum absolute atomic E-state index is 12.3. The zero-order valence-electron chi connectivity index (χ0n) is 13.6. The molecule has 22 heavy (non-hydrogen) atoms. The maximum atomic E-state index is 12.3. The van der Waals surface area contributed by atoms with Gasteiger partial charge < -0.3 is 15.0 Å². The average Bonchev–Trinajstić information content (AvgIpc) is 2.81. The monoisotopic (exact) mass is 300 g/mol. The molecule has 0 radical (unpaired) electrons. The summed E-state index contributed by atoms with van der Waals surface area (Å²) in [5.74, 6) is 0.249. The first-order valence-electron chi connectivity index (χ1n) is 8.00. The number of rotatable bonds is 3. The van der Waals surface area contributed by atoms with Gasteiger partial charge in [-0.1, -0.05) is 11.6 Å². The Bertz CT molecular complexity index is 697. The fourth-order valence-electron chi connectivity index (χ4n) is 3.21. The molecular weight excluding hydrogens is 276 g/mol. The number of hydrogen-bond acceptors (Lipinski definition) is 2. The largest absolute Gasteiger partial charge is 0.381 e. The van der Waals surface area contributed by atoms with Crippen LogP contribution in [0.3, 0.4) is 0 Å². The fourth-order valence-corrected chi connectivity index (χ4v) is 3.21. The first-order valence-corrected chi connectivity index (χ1v) is 8.00. The summed E-state index contributed by atoms with van der Waals surface area (Å²) >= 11 is 0. The molecule has 0 saturated carbocycles. The van der Waals surface area contributed by atoms with E-state index >= 15 is 0 Å². The summed E-state index contributed by atoms with van der Waals surface area (Å²) in [5.41, 5.74) is 6.01.